The van der Waals surface area contributed by atoms with Crippen molar-refractivity contribution in [3.8, 4) is 22.8 Å². The van der Waals surface area contributed by atoms with E-state index < -0.39 is 11.6 Å². The molecular formula is C10H8ClFN2O3. The zero-order valence-corrected chi connectivity index (χ0v) is 9.45. The van der Waals surface area contributed by atoms with Crippen LogP contribution in [0.1, 0.15) is 0 Å². The molecule has 0 saturated heterocycles. The number of hydrogen-bond donors (Lipinski definition) is 2. The zero-order valence-electron chi connectivity index (χ0n) is 8.70. The van der Waals surface area contributed by atoms with Crippen LogP contribution in [0.4, 0.5) is 10.3 Å². The largest absolute Gasteiger partial charge is 0.504 e. The van der Waals surface area contributed by atoms with E-state index in [9.17, 15) is 9.50 Å². The van der Waals surface area contributed by atoms with E-state index in [1.807, 2.05) is 0 Å². The van der Waals surface area contributed by atoms with Crippen molar-refractivity contribution >= 4 is 17.5 Å². The Bertz CT molecular complexity index is 571. The SMILES string of the molecule is COc1c(-c2cc(N)on2)cc(Cl)c(O)c1F. The van der Waals surface area contributed by atoms with E-state index in [-0.39, 0.29) is 27.9 Å². The van der Waals surface area contributed by atoms with Crippen LogP contribution in [0.3, 0.4) is 0 Å². The summed E-state index contributed by atoms with van der Waals surface area (Å²) in [4.78, 5) is 0. The first-order valence-electron chi connectivity index (χ1n) is 4.52. The predicted octanol–water partition coefficient (Wildman–Crippen LogP) is 2.43. The minimum atomic E-state index is -0.962. The van der Waals surface area contributed by atoms with Crippen molar-refractivity contribution in [3.05, 3.63) is 23.0 Å². The van der Waals surface area contributed by atoms with Gasteiger partial charge in [0.15, 0.2) is 11.5 Å². The second kappa shape index (κ2) is 4.14. The normalized spacial score (nSPS) is 10.5. The maximum absolute atomic E-state index is 13.7. The lowest BCUT2D eigenvalue weighted by Crippen LogP contribution is -1.93. The van der Waals surface area contributed by atoms with Gasteiger partial charge < -0.3 is 20.1 Å². The second-order valence-electron chi connectivity index (χ2n) is 3.22. The molecule has 1 aromatic heterocycles. The Morgan fingerprint density at radius 3 is 2.76 bits per heavy atom. The molecular weight excluding hydrogens is 251 g/mol. The van der Waals surface area contributed by atoms with Crippen molar-refractivity contribution in [1.29, 1.82) is 0 Å². The van der Waals surface area contributed by atoms with Crippen molar-refractivity contribution < 1.29 is 18.8 Å². The molecule has 0 bridgehead atoms. The first-order valence-corrected chi connectivity index (χ1v) is 4.90. The van der Waals surface area contributed by atoms with Crippen LogP contribution in [-0.4, -0.2) is 17.4 Å². The third-order valence-corrected chi connectivity index (χ3v) is 2.45. The second-order valence-corrected chi connectivity index (χ2v) is 3.62. The molecule has 0 aliphatic rings. The van der Waals surface area contributed by atoms with Gasteiger partial charge in [-0.2, -0.15) is 4.39 Å². The number of methoxy groups -OCH3 is 1. The fourth-order valence-electron chi connectivity index (χ4n) is 1.40. The summed E-state index contributed by atoms with van der Waals surface area (Å²) >= 11 is 5.67. The average Bonchev–Trinajstić information content (AvgIpc) is 2.72. The van der Waals surface area contributed by atoms with Gasteiger partial charge in [0.25, 0.3) is 0 Å². The summed E-state index contributed by atoms with van der Waals surface area (Å²) in [7, 11) is 1.26. The molecule has 0 aliphatic heterocycles. The summed E-state index contributed by atoms with van der Waals surface area (Å²) < 4.78 is 23.2. The Kier molecular flexibility index (Phi) is 2.81. The average molecular weight is 259 g/mol. The molecule has 2 rings (SSSR count). The third kappa shape index (κ3) is 1.87. The fourth-order valence-corrected chi connectivity index (χ4v) is 1.59. The highest BCUT2D eigenvalue weighted by atomic mass is 35.5. The molecule has 3 N–H and O–H groups in total. The van der Waals surface area contributed by atoms with Crippen LogP contribution in [0.25, 0.3) is 11.3 Å². The maximum Gasteiger partial charge on any atom is 0.222 e. The molecule has 0 radical (unpaired) electrons. The van der Waals surface area contributed by atoms with Crippen LogP contribution in [-0.2, 0) is 0 Å². The number of nitrogen functional groups attached to an aromatic ring is 1. The number of hydrogen-bond acceptors (Lipinski definition) is 5. The van der Waals surface area contributed by atoms with Gasteiger partial charge in [0, 0.05) is 6.07 Å². The van der Waals surface area contributed by atoms with Crippen LogP contribution < -0.4 is 10.5 Å². The van der Waals surface area contributed by atoms with Gasteiger partial charge in [-0.25, -0.2) is 0 Å². The highest BCUT2D eigenvalue weighted by Gasteiger charge is 2.20. The van der Waals surface area contributed by atoms with Crippen LogP contribution in [0.5, 0.6) is 11.5 Å². The summed E-state index contributed by atoms with van der Waals surface area (Å²) in [5.74, 6) is -1.74. The predicted molar refractivity (Wildman–Crippen MR) is 59.5 cm³/mol. The molecule has 2 aromatic rings. The smallest absolute Gasteiger partial charge is 0.222 e. The molecule has 0 aliphatic carbocycles. The number of anilines is 1. The Morgan fingerprint density at radius 1 is 1.53 bits per heavy atom. The molecule has 17 heavy (non-hydrogen) atoms. The highest BCUT2D eigenvalue weighted by Crippen LogP contribution is 2.41. The Morgan fingerprint density at radius 2 is 2.24 bits per heavy atom. The molecule has 0 spiro atoms. The summed E-state index contributed by atoms with van der Waals surface area (Å²) in [6.07, 6.45) is 0. The van der Waals surface area contributed by atoms with Gasteiger partial charge in [0.1, 0.15) is 5.69 Å². The van der Waals surface area contributed by atoms with Gasteiger partial charge >= 0.3 is 0 Å². The quantitative estimate of drug-likeness (QED) is 0.865. The molecule has 1 aromatic carbocycles. The van der Waals surface area contributed by atoms with E-state index in [2.05, 4.69) is 9.68 Å². The first kappa shape index (κ1) is 11.5. The van der Waals surface area contributed by atoms with Crippen LogP contribution in [0.15, 0.2) is 16.7 Å². The van der Waals surface area contributed by atoms with Crippen LogP contribution in [0.2, 0.25) is 5.02 Å². The molecule has 90 valence electrons. The molecule has 0 amide bonds. The molecule has 0 unspecified atom stereocenters. The van der Waals surface area contributed by atoms with Gasteiger partial charge in [-0.15, -0.1) is 0 Å². The number of rotatable bonds is 2. The van der Waals surface area contributed by atoms with Gasteiger partial charge in [0.05, 0.1) is 17.7 Å². The summed E-state index contributed by atoms with van der Waals surface area (Å²) in [5, 5.41) is 12.8. The number of phenolic OH excluding ortho intramolecular Hbond substituents is 1. The maximum atomic E-state index is 13.7. The lowest BCUT2D eigenvalue weighted by Gasteiger charge is -2.09. The minimum Gasteiger partial charge on any atom is -0.504 e. The molecule has 7 heteroatoms. The molecule has 0 saturated carbocycles. The topological polar surface area (TPSA) is 81.5 Å². The Balaban J connectivity index is 2.69. The van der Waals surface area contributed by atoms with Crippen LogP contribution in [0, 0.1) is 5.82 Å². The number of halogens is 2. The Hall–Kier alpha value is -1.95. The molecule has 5 nitrogen and oxygen atoms in total. The van der Waals surface area contributed by atoms with E-state index in [1.54, 1.807) is 0 Å². The van der Waals surface area contributed by atoms with Gasteiger partial charge in [-0.05, 0) is 6.07 Å². The van der Waals surface area contributed by atoms with Crippen LogP contribution >= 0.6 is 11.6 Å². The molecule has 1 heterocycles. The van der Waals surface area contributed by atoms with Crippen molar-refractivity contribution in [2.24, 2.45) is 0 Å². The number of aromatic nitrogens is 1. The number of benzene rings is 1. The molecule has 0 atom stereocenters. The number of ether oxygens (including phenoxy) is 1. The fraction of sp³-hybridized carbons (Fsp3) is 0.100. The third-order valence-electron chi connectivity index (χ3n) is 2.16. The zero-order chi connectivity index (χ0) is 12.6. The minimum absolute atomic E-state index is 0.0756. The van der Waals surface area contributed by atoms with Gasteiger partial charge in [-0.3, -0.25) is 0 Å². The number of phenols is 1. The Labute approximate surface area is 101 Å². The van der Waals surface area contributed by atoms with Crippen molar-refractivity contribution in [1.82, 2.24) is 5.16 Å². The standard InChI is InChI=1S/C10H8ClFN2O3/c1-16-10-4(6-3-7(13)17-14-6)2-5(11)9(15)8(10)12/h2-3,15H,13H2,1H3. The van der Waals surface area contributed by atoms with E-state index in [4.69, 9.17) is 22.1 Å². The number of nitrogens with zero attached hydrogens (tertiary/aromatic N) is 1. The lowest BCUT2D eigenvalue weighted by atomic mass is 10.1. The van der Waals surface area contributed by atoms with E-state index in [0.717, 1.165) is 0 Å². The van der Waals surface area contributed by atoms with Crippen molar-refractivity contribution in [2.75, 3.05) is 12.8 Å². The lowest BCUT2D eigenvalue weighted by molar-refractivity contribution is 0.365. The highest BCUT2D eigenvalue weighted by molar-refractivity contribution is 6.32. The summed E-state index contributed by atoms with van der Waals surface area (Å²) in [5.41, 5.74) is 5.88. The van der Waals surface area contributed by atoms with Gasteiger partial charge in [-0.1, -0.05) is 16.8 Å². The van der Waals surface area contributed by atoms with E-state index >= 15 is 0 Å². The van der Waals surface area contributed by atoms with Crippen molar-refractivity contribution in [3.63, 3.8) is 0 Å². The summed E-state index contributed by atoms with van der Waals surface area (Å²) in [6.45, 7) is 0. The monoisotopic (exact) mass is 258 g/mol. The summed E-state index contributed by atoms with van der Waals surface area (Å²) in [6, 6.07) is 2.71. The van der Waals surface area contributed by atoms with E-state index in [0.29, 0.717) is 0 Å². The van der Waals surface area contributed by atoms with Crippen molar-refractivity contribution in [2.45, 2.75) is 0 Å². The van der Waals surface area contributed by atoms with Gasteiger partial charge in [0.2, 0.25) is 11.7 Å². The molecule has 0 fully saturated rings. The number of aromatic hydroxyl groups is 1. The van der Waals surface area contributed by atoms with E-state index in [1.165, 1.54) is 19.2 Å². The number of nitrogens with two attached hydrogens (primary N) is 1. The first-order chi connectivity index (χ1) is 8.04.